The van der Waals surface area contributed by atoms with Gasteiger partial charge in [0, 0.05) is 23.4 Å². The summed E-state index contributed by atoms with van der Waals surface area (Å²) in [6, 6.07) is 7.50. The molecule has 4 nitrogen and oxygen atoms in total. The molecule has 0 aliphatic heterocycles. The minimum atomic E-state index is -0.433. The van der Waals surface area contributed by atoms with E-state index in [1.807, 2.05) is 45.9 Å². The summed E-state index contributed by atoms with van der Waals surface area (Å²) in [6.07, 6.45) is 0. The third-order valence-electron chi connectivity index (χ3n) is 4.54. The normalized spacial score (nSPS) is 10.5. The van der Waals surface area contributed by atoms with Crippen LogP contribution in [-0.2, 0) is 6.54 Å². The van der Waals surface area contributed by atoms with Gasteiger partial charge < -0.3 is 11.1 Å². The maximum absolute atomic E-state index is 11.9. The van der Waals surface area contributed by atoms with Crippen molar-refractivity contribution in [2.75, 3.05) is 5.32 Å². The van der Waals surface area contributed by atoms with E-state index in [1.54, 1.807) is 13.0 Å². The van der Waals surface area contributed by atoms with Gasteiger partial charge in [-0.1, -0.05) is 12.1 Å². The molecule has 0 unspecified atom stereocenters. The molecule has 3 N–H and O–H groups in total. The number of Topliss-reactive ketones (excluding diaryl/α,β-unsaturated/α-hetero) is 1. The van der Waals surface area contributed by atoms with E-state index in [2.05, 4.69) is 5.32 Å². The number of ketones is 1. The molecule has 0 spiro atoms. The van der Waals surface area contributed by atoms with Crippen LogP contribution in [0.25, 0.3) is 0 Å². The number of hydrogen-bond acceptors (Lipinski definition) is 3. The number of primary amides is 1. The number of carbonyl (C=O) groups excluding carboxylic acids is 2. The molecule has 0 saturated heterocycles. The summed E-state index contributed by atoms with van der Waals surface area (Å²) in [4.78, 5) is 23.4. The topological polar surface area (TPSA) is 72.2 Å². The fraction of sp³-hybridized carbons (Fsp3) is 0.300. The first kappa shape index (κ1) is 17.7. The molecule has 0 radical (unpaired) electrons. The van der Waals surface area contributed by atoms with Gasteiger partial charge in [0.2, 0.25) is 5.91 Å². The molecule has 0 saturated carbocycles. The molecule has 0 aliphatic rings. The summed E-state index contributed by atoms with van der Waals surface area (Å²) < 4.78 is 0. The van der Waals surface area contributed by atoms with Crippen LogP contribution in [-0.4, -0.2) is 11.7 Å². The highest BCUT2D eigenvalue weighted by atomic mass is 16.1. The molecule has 1 amide bonds. The fourth-order valence-electron chi connectivity index (χ4n) is 3.32. The highest BCUT2D eigenvalue weighted by Crippen LogP contribution is 2.25. The van der Waals surface area contributed by atoms with Crippen molar-refractivity contribution in [1.29, 1.82) is 0 Å². The third-order valence-corrected chi connectivity index (χ3v) is 4.54. The van der Waals surface area contributed by atoms with E-state index >= 15 is 0 Å². The predicted octanol–water partition coefficient (Wildman–Crippen LogP) is 3.83. The van der Waals surface area contributed by atoms with Crippen LogP contribution >= 0.6 is 0 Å². The summed E-state index contributed by atoms with van der Waals surface area (Å²) in [5.74, 6) is -0.351. The lowest BCUT2D eigenvalue weighted by molar-refractivity contribution is 0.0995. The van der Waals surface area contributed by atoms with E-state index in [1.165, 1.54) is 0 Å². The largest absolute Gasteiger partial charge is 0.381 e. The minimum absolute atomic E-state index is 0.0816. The second kappa shape index (κ2) is 6.87. The fourth-order valence-corrected chi connectivity index (χ4v) is 3.32. The number of nitrogens with two attached hydrogens (primary N) is 1. The summed E-state index contributed by atoms with van der Waals surface area (Å²) in [5, 5.41) is 3.37. The van der Waals surface area contributed by atoms with Gasteiger partial charge in [0.1, 0.15) is 0 Å². The first-order chi connectivity index (χ1) is 11.2. The Morgan fingerprint density at radius 1 is 1.04 bits per heavy atom. The summed E-state index contributed by atoms with van der Waals surface area (Å²) in [5.41, 5.74) is 12.7. The van der Waals surface area contributed by atoms with Crippen LogP contribution in [0, 0.1) is 27.7 Å². The first-order valence-corrected chi connectivity index (χ1v) is 7.98. The SMILES string of the molecule is CC(=O)c1c(C)cc(C)c(CNc2cccc(C(N)=O)c2C)c1C. The maximum atomic E-state index is 11.9. The van der Waals surface area contributed by atoms with Gasteiger partial charge in [-0.15, -0.1) is 0 Å². The summed E-state index contributed by atoms with van der Waals surface area (Å²) in [6.45, 7) is 10.1. The average Bonchev–Trinajstić information content (AvgIpc) is 2.47. The first-order valence-electron chi connectivity index (χ1n) is 7.98. The minimum Gasteiger partial charge on any atom is -0.381 e. The molecular formula is C20H24N2O2. The van der Waals surface area contributed by atoms with Gasteiger partial charge in [0.25, 0.3) is 0 Å². The van der Waals surface area contributed by atoms with Crippen molar-refractivity contribution in [3.63, 3.8) is 0 Å². The highest BCUT2D eigenvalue weighted by Gasteiger charge is 2.15. The lowest BCUT2D eigenvalue weighted by Crippen LogP contribution is -2.14. The number of hydrogen-bond donors (Lipinski definition) is 2. The Bertz CT molecular complexity index is 823. The second-order valence-corrected chi connectivity index (χ2v) is 6.24. The van der Waals surface area contributed by atoms with Crippen LogP contribution in [0.4, 0.5) is 5.69 Å². The predicted molar refractivity (Wildman–Crippen MR) is 97.7 cm³/mol. The quantitative estimate of drug-likeness (QED) is 0.821. The average molecular weight is 324 g/mol. The summed E-state index contributed by atoms with van der Waals surface area (Å²) in [7, 11) is 0. The molecule has 24 heavy (non-hydrogen) atoms. The zero-order valence-electron chi connectivity index (χ0n) is 14.9. The Labute approximate surface area is 143 Å². The standard InChI is InChI=1S/C20H24N2O2/c1-11-9-12(2)19(15(5)23)14(4)17(11)10-22-18-8-6-7-16(13(18)3)20(21)24/h6-9,22H,10H2,1-5H3,(H2,21,24). The summed E-state index contributed by atoms with van der Waals surface area (Å²) >= 11 is 0. The number of benzene rings is 2. The Morgan fingerprint density at radius 3 is 2.29 bits per heavy atom. The zero-order valence-corrected chi connectivity index (χ0v) is 14.9. The van der Waals surface area contributed by atoms with Crippen molar-refractivity contribution in [2.24, 2.45) is 5.73 Å². The van der Waals surface area contributed by atoms with Gasteiger partial charge in [-0.05, 0) is 74.6 Å². The molecule has 0 heterocycles. The number of rotatable bonds is 5. The van der Waals surface area contributed by atoms with Gasteiger partial charge in [-0.3, -0.25) is 9.59 Å². The molecule has 0 aromatic heterocycles. The highest BCUT2D eigenvalue weighted by molar-refractivity contribution is 5.97. The zero-order chi connectivity index (χ0) is 18.0. The van der Waals surface area contributed by atoms with E-state index in [-0.39, 0.29) is 5.78 Å². The van der Waals surface area contributed by atoms with Crippen LogP contribution < -0.4 is 11.1 Å². The monoisotopic (exact) mass is 324 g/mol. The van der Waals surface area contributed by atoms with Crippen LogP contribution in [0.2, 0.25) is 0 Å². The molecule has 0 aliphatic carbocycles. The van der Waals surface area contributed by atoms with Crippen LogP contribution in [0.3, 0.4) is 0 Å². The van der Waals surface area contributed by atoms with Crippen LogP contribution in [0.1, 0.15) is 55.5 Å². The van der Waals surface area contributed by atoms with Crippen molar-refractivity contribution in [1.82, 2.24) is 0 Å². The molecule has 2 aromatic rings. The molecule has 2 aromatic carbocycles. The lowest BCUT2D eigenvalue weighted by Gasteiger charge is -2.18. The Kier molecular flexibility index (Phi) is 5.07. The van der Waals surface area contributed by atoms with Crippen LogP contribution in [0.15, 0.2) is 24.3 Å². The van der Waals surface area contributed by atoms with Crippen molar-refractivity contribution >= 4 is 17.4 Å². The maximum Gasteiger partial charge on any atom is 0.249 e. The van der Waals surface area contributed by atoms with E-state index in [9.17, 15) is 9.59 Å². The molecular weight excluding hydrogens is 300 g/mol. The molecule has 126 valence electrons. The Balaban J connectivity index is 2.37. The molecule has 4 heteroatoms. The molecule has 2 rings (SSSR count). The second-order valence-electron chi connectivity index (χ2n) is 6.24. The number of nitrogens with one attached hydrogen (secondary N) is 1. The van der Waals surface area contributed by atoms with E-state index in [0.717, 1.165) is 39.1 Å². The van der Waals surface area contributed by atoms with Gasteiger partial charge >= 0.3 is 0 Å². The van der Waals surface area contributed by atoms with Gasteiger partial charge in [-0.25, -0.2) is 0 Å². The van der Waals surface area contributed by atoms with Gasteiger partial charge in [-0.2, -0.15) is 0 Å². The number of carbonyl (C=O) groups is 2. The van der Waals surface area contributed by atoms with Crippen molar-refractivity contribution in [2.45, 2.75) is 41.2 Å². The van der Waals surface area contributed by atoms with Crippen LogP contribution in [0.5, 0.6) is 0 Å². The Morgan fingerprint density at radius 2 is 1.71 bits per heavy atom. The van der Waals surface area contributed by atoms with Gasteiger partial charge in [0.05, 0.1) is 0 Å². The molecule has 0 atom stereocenters. The lowest BCUT2D eigenvalue weighted by atomic mass is 9.91. The molecule has 0 bridgehead atoms. The smallest absolute Gasteiger partial charge is 0.249 e. The van der Waals surface area contributed by atoms with E-state index in [0.29, 0.717) is 12.1 Å². The molecule has 0 fully saturated rings. The number of anilines is 1. The van der Waals surface area contributed by atoms with Gasteiger partial charge in [0.15, 0.2) is 5.78 Å². The third kappa shape index (κ3) is 3.32. The van der Waals surface area contributed by atoms with Crippen molar-refractivity contribution < 1.29 is 9.59 Å². The van der Waals surface area contributed by atoms with Crippen molar-refractivity contribution in [3.8, 4) is 0 Å². The van der Waals surface area contributed by atoms with E-state index < -0.39 is 5.91 Å². The number of aryl methyl sites for hydroxylation is 2. The Hall–Kier alpha value is -2.62. The van der Waals surface area contributed by atoms with E-state index in [4.69, 9.17) is 5.73 Å². The van der Waals surface area contributed by atoms with Crippen molar-refractivity contribution in [3.05, 3.63) is 63.2 Å². The number of amides is 1.